The Kier molecular flexibility index (Phi) is 6.64. The number of piperazine rings is 1. The third-order valence-electron chi connectivity index (χ3n) is 5.14. The van der Waals surface area contributed by atoms with Crippen molar-refractivity contribution in [2.75, 3.05) is 52.4 Å². The van der Waals surface area contributed by atoms with Crippen molar-refractivity contribution in [3.63, 3.8) is 0 Å². The molecule has 1 atom stereocenters. The number of urea groups is 1. The molecule has 1 aromatic heterocycles. The lowest BCUT2D eigenvalue weighted by atomic mass is 10.1. The number of likely N-dealkylation sites (tertiary alicyclic amines) is 1. The summed E-state index contributed by atoms with van der Waals surface area (Å²) in [6.45, 7) is 10.8. The van der Waals surface area contributed by atoms with Crippen LogP contribution in [0.4, 0.5) is 4.79 Å². The molecule has 2 aliphatic heterocycles. The lowest BCUT2D eigenvalue weighted by Gasteiger charge is -2.34. The number of carbonyl (C=O) groups excluding carboxylic acids is 1. The molecular weight excluding hydrogens is 314 g/mol. The number of hydrogen-bond acceptors (Lipinski definition) is 4. The van der Waals surface area contributed by atoms with E-state index >= 15 is 0 Å². The molecule has 1 N–H and O–H groups in total. The maximum atomic E-state index is 12.4. The van der Waals surface area contributed by atoms with Gasteiger partial charge in [-0.05, 0) is 44.0 Å². The van der Waals surface area contributed by atoms with Crippen LogP contribution in [-0.2, 0) is 6.54 Å². The van der Waals surface area contributed by atoms with Gasteiger partial charge in [-0.2, -0.15) is 0 Å². The predicted octanol–water partition coefficient (Wildman–Crippen LogP) is 1.64. The molecule has 2 fully saturated rings. The predicted molar refractivity (Wildman–Crippen MR) is 99.3 cm³/mol. The molecule has 138 valence electrons. The molecule has 0 aliphatic carbocycles. The van der Waals surface area contributed by atoms with Crippen LogP contribution in [0.3, 0.4) is 0 Å². The van der Waals surface area contributed by atoms with Crippen LogP contribution in [0.25, 0.3) is 0 Å². The van der Waals surface area contributed by atoms with E-state index in [0.717, 1.165) is 51.5 Å². The second kappa shape index (κ2) is 9.15. The maximum Gasteiger partial charge on any atom is 0.317 e. The Morgan fingerprint density at radius 2 is 1.88 bits per heavy atom. The van der Waals surface area contributed by atoms with Gasteiger partial charge < -0.3 is 15.1 Å². The highest BCUT2D eigenvalue weighted by atomic mass is 16.2. The van der Waals surface area contributed by atoms with E-state index in [1.807, 2.05) is 23.2 Å². The molecule has 0 bridgehead atoms. The van der Waals surface area contributed by atoms with Crippen molar-refractivity contribution in [1.29, 1.82) is 0 Å². The van der Waals surface area contributed by atoms with Gasteiger partial charge in [0.25, 0.3) is 0 Å². The first-order valence-corrected chi connectivity index (χ1v) is 9.58. The fourth-order valence-corrected chi connectivity index (χ4v) is 3.67. The van der Waals surface area contributed by atoms with Crippen LogP contribution < -0.4 is 5.32 Å². The quantitative estimate of drug-likeness (QED) is 0.852. The number of aromatic nitrogens is 1. The smallest absolute Gasteiger partial charge is 0.317 e. The van der Waals surface area contributed by atoms with E-state index in [-0.39, 0.29) is 6.03 Å². The average molecular weight is 345 g/mol. The minimum Gasteiger partial charge on any atom is -0.338 e. The second-order valence-corrected chi connectivity index (χ2v) is 7.38. The largest absolute Gasteiger partial charge is 0.338 e. The standard InChI is InChI=1S/C19H31N5O/c1-17(15-22-8-4-5-9-22)14-21-19(25)24-12-10-23(11-13-24)16-18-6-2-3-7-20-18/h2-3,6-7,17H,4-5,8-16H2,1H3,(H,21,25)/t17-/m0/s1. The van der Waals surface area contributed by atoms with Crippen molar-refractivity contribution in [3.05, 3.63) is 30.1 Å². The fourth-order valence-electron chi connectivity index (χ4n) is 3.67. The first kappa shape index (κ1) is 18.1. The topological polar surface area (TPSA) is 51.7 Å². The van der Waals surface area contributed by atoms with Crippen LogP contribution >= 0.6 is 0 Å². The van der Waals surface area contributed by atoms with E-state index in [1.165, 1.54) is 25.9 Å². The molecular formula is C19H31N5O. The molecule has 0 saturated carbocycles. The molecule has 2 aliphatic rings. The molecule has 0 radical (unpaired) electrons. The first-order chi connectivity index (χ1) is 12.2. The van der Waals surface area contributed by atoms with E-state index in [4.69, 9.17) is 0 Å². The molecule has 6 nitrogen and oxygen atoms in total. The molecule has 6 heteroatoms. The van der Waals surface area contributed by atoms with Gasteiger partial charge in [-0.15, -0.1) is 0 Å². The zero-order valence-corrected chi connectivity index (χ0v) is 15.4. The molecule has 25 heavy (non-hydrogen) atoms. The van der Waals surface area contributed by atoms with Gasteiger partial charge in [-0.3, -0.25) is 9.88 Å². The number of nitrogens with one attached hydrogen (secondary N) is 1. The third kappa shape index (κ3) is 5.68. The van der Waals surface area contributed by atoms with Gasteiger partial charge >= 0.3 is 6.03 Å². The van der Waals surface area contributed by atoms with Gasteiger partial charge in [0.1, 0.15) is 0 Å². The molecule has 2 amide bonds. The summed E-state index contributed by atoms with van der Waals surface area (Å²) in [6, 6.07) is 6.11. The van der Waals surface area contributed by atoms with E-state index in [9.17, 15) is 4.79 Å². The van der Waals surface area contributed by atoms with Gasteiger partial charge in [0, 0.05) is 52.0 Å². The van der Waals surface area contributed by atoms with Crippen molar-refractivity contribution in [2.45, 2.75) is 26.3 Å². The zero-order chi connectivity index (χ0) is 17.5. The Bertz CT molecular complexity index is 524. The second-order valence-electron chi connectivity index (χ2n) is 7.38. The van der Waals surface area contributed by atoms with Crippen molar-refractivity contribution in [3.8, 4) is 0 Å². The molecule has 0 aromatic carbocycles. The van der Waals surface area contributed by atoms with E-state index < -0.39 is 0 Å². The van der Waals surface area contributed by atoms with Gasteiger partial charge in [-0.1, -0.05) is 13.0 Å². The van der Waals surface area contributed by atoms with E-state index in [2.05, 4.69) is 33.1 Å². The number of nitrogens with zero attached hydrogens (tertiary/aromatic N) is 4. The number of hydrogen-bond donors (Lipinski definition) is 1. The van der Waals surface area contributed by atoms with Crippen molar-refractivity contribution in [1.82, 2.24) is 25.0 Å². The SMILES string of the molecule is C[C@@H](CNC(=O)N1CCN(Cc2ccccn2)CC1)CN1CCCC1. The van der Waals surface area contributed by atoms with E-state index in [0.29, 0.717) is 5.92 Å². The summed E-state index contributed by atoms with van der Waals surface area (Å²) >= 11 is 0. The summed E-state index contributed by atoms with van der Waals surface area (Å²) in [5, 5.41) is 3.12. The van der Waals surface area contributed by atoms with Gasteiger partial charge in [0.05, 0.1) is 5.69 Å². The minimum atomic E-state index is 0.0887. The van der Waals surface area contributed by atoms with Crippen molar-refractivity contribution >= 4 is 6.03 Å². The number of amides is 2. The monoisotopic (exact) mass is 345 g/mol. The highest BCUT2D eigenvalue weighted by molar-refractivity contribution is 5.74. The maximum absolute atomic E-state index is 12.4. The lowest BCUT2D eigenvalue weighted by Crippen LogP contribution is -2.52. The van der Waals surface area contributed by atoms with Gasteiger partial charge in [0.2, 0.25) is 0 Å². The zero-order valence-electron chi connectivity index (χ0n) is 15.4. The highest BCUT2D eigenvalue weighted by Crippen LogP contribution is 2.10. The molecule has 0 spiro atoms. The summed E-state index contributed by atoms with van der Waals surface area (Å²) < 4.78 is 0. The Morgan fingerprint density at radius 1 is 1.12 bits per heavy atom. The number of carbonyl (C=O) groups is 1. The van der Waals surface area contributed by atoms with Crippen LogP contribution in [0, 0.1) is 5.92 Å². The van der Waals surface area contributed by atoms with Gasteiger partial charge in [0.15, 0.2) is 0 Å². The summed E-state index contributed by atoms with van der Waals surface area (Å²) in [5.74, 6) is 0.507. The summed E-state index contributed by atoms with van der Waals surface area (Å²) in [5.41, 5.74) is 1.09. The van der Waals surface area contributed by atoms with Crippen LogP contribution in [-0.4, -0.2) is 78.1 Å². The number of rotatable bonds is 6. The Balaban J connectivity index is 1.33. The average Bonchev–Trinajstić information content (AvgIpc) is 3.14. The third-order valence-corrected chi connectivity index (χ3v) is 5.14. The van der Waals surface area contributed by atoms with Crippen LogP contribution in [0.15, 0.2) is 24.4 Å². The molecule has 2 saturated heterocycles. The summed E-state index contributed by atoms with van der Waals surface area (Å²) in [4.78, 5) is 23.6. The number of pyridine rings is 1. The Hall–Kier alpha value is -1.66. The highest BCUT2D eigenvalue weighted by Gasteiger charge is 2.22. The van der Waals surface area contributed by atoms with Crippen LogP contribution in [0.1, 0.15) is 25.5 Å². The molecule has 3 rings (SSSR count). The minimum absolute atomic E-state index is 0.0887. The molecule has 3 heterocycles. The Labute approximate surface area is 151 Å². The molecule has 1 aromatic rings. The fraction of sp³-hybridized carbons (Fsp3) is 0.684. The first-order valence-electron chi connectivity index (χ1n) is 9.58. The van der Waals surface area contributed by atoms with Crippen molar-refractivity contribution < 1.29 is 4.79 Å². The summed E-state index contributed by atoms with van der Waals surface area (Å²) in [7, 11) is 0. The lowest BCUT2D eigenvalue weighted by molar-refractivity contribution is 0.133. The molecule has 0 unspecified atom stereocenters. The van der Waals surface area contributed by atoms with Crippen molar-refractivity contribution in [2.24, 2.45) is 5.92 Å². The normalized spacial score (nSPS) is 20.6. The van der Waals surface area contributed by atoms with Crippen LogP contribution in [0.2, 0.25) is 0 Å². The Morgan fingerprint density at radius 3 is 2.56 bits per heavy atom. The van der Waals surface area contributed by atoms with E-state index in [1.54, 1.807) is 0 Å². The van der Waals surface area contributed by atoms with Gasteiger partial charge in [-0.25, -0.2) is 4.79 Å². The van der Waals surface area contributed by atoms with Crippen LogP contribution in [0.5, 0.6) is 0 Å². The summed E-state index contributed by atoms with van der Waals surface area (Å²) in [6.07, 6.45) is 4.48.